The number of carboxylic acid groups (broad SMARTS) is 1. The maximum Gasteiger partial charge on any atom is 0.311 e. The fourth-order valence-electron chi connectivity index (χ4n) is 2.58. The van der Waals surface area contributed by atoms with Gasteiger partial charge in [-0.05, 0) is 28.3 Å². The van der Waals surface area contributed by atoms with E-state index in [0.717, 1.165) is 0 Å². The Kier molecular flexibility index (Phi) is 4.22. The average Bonchev–Trinajstić information content (AvgIpc) is 2.37. The van der Waals surface area contributed by atoms with Gasteiger partial charge >= 0.3 is 11.7 Å². The van der Waals surface area contributed by atoms with E-state index in [1.165, 1.54) is 12.4 Å². The Labute approximate surface area is 123 Å². The normalized spacial score (nSPS) is 22.6. The van der Waals surface area contributed by atoms with Gasteiger partial charge in [0, 0.05) is 19.3 Å². The van der Waals surface area contributed by atoms with E-state index < -0.39 is 16.8 Å². The molecule has 1 fully saturated rings. The Morgan fingerprint density at radius 2 is 2.25 bits per heavy atom. The van der Waals surface area contributed by atoms with Gasteiger partial charge in [-0.2, -0.15) is 0 Å². The number of rotatable bonds is 3. The highest BCUT2D eigenvalue weighted by molar-refractivity contribution is 9.10. The standard InChI is InChI=1S/C12H14BrN3O4/c1-7-2-8(12(17)18)6-15(5-7)11-9(13)3-14-4-10(11)16(19)20/h3-4,7-8H,2,5-6H2,1H3,(H,17,18). The first-order chi connectivity index (χ1) is 9.40. The second-order valence-corrected chi connectivity index (χ2v) is 5.88. The minimum atomic E-state index is -0.866. The van der Waals surface area contributed by atoms with Crippen molar-refractivity contribution in [3.05, 3.63) is 27.0 Å². The Bertz CT molecular complexity index is 552. The summed E-state index contributed by atoms with van der Waals surface area (Å²) in [4.78, 5) is 27.4. The van der Waals surface area contributed by atoms with Crippen molar-refractivity contribution in [2.45, 2.75) is 13.3 Å². The number of nitro groups is 1. The average molecular weight is 344 g/mol. The number of carboxylic acids is 1. The molecule has 20 heavy (non-hydrogen) atoms. The molecule has 0 aromatic carbocycles. The van der Waals surface area contributed by atoms with Gasteiger partial charge in [0.05, 0.1) is 15.3 Å². The van der Waals surface area contributed by atoms with E-state index in [-0.39, 0.29) is 18.2 Å². The lowest BCUT2D eigenvalue weighted by Crippen LogP contribution is -2.43. The Balaban J connectivity index is 2.40. The number of hydrogen-bond acceptors (Lipinski definition) is 5. The van der Waals surface area contributed by atoms with Crippen molar-refractivity contribution >= 4 is 33.3 Å². The lowest BCUT2D eigenvalue weighted by molar-refractivity contribution is -0.384. The lowest BCUT2D eigenvalue weighted by Gasteiger charge is -2.36. The minimum absolute atomic E-state index is 0.113. The second-order valence-electron chi connectivity index (χ2n) is 5.03. The molecule has 7 nitrogen and oxygen atoms in total. The summed E-state index contributed by atoms with van der Waals surface area (Å²) in [5.74, 6) is -1.22. The van der Waals surface area contributed by atoms with Crippen LogP contribution in [0.4, 0.5) is 11.4 Å². The fraction of sp³-hybridized carbons (Fsp3) is 0.500. The van der Waals surface area contributed by atoms with Crippen LogP contribution < -0.4 is 4.90 Å². The van der Waals surface area contributed by atoms with Crippen LogP contribution in [0.1, 0.15) is 13.3 Å². The van der Waals surface area contributed by atoms with E-state index in [1.54, 1.807) is 4.90 Å². The van der Waals surface area contributed by atoms with Crippen LogP contribution in [0, 0.1) is 22.0 Å². The summed E-state index contributed by atoms with van der Waals surface area (Å²) in [5.41, 5.74) is 0.292. The summed E-state index contributed by atoms with van der Waals surface area (Å²) >= 11 is 3.27. The van der Waals surface area contributed by atoms with Gasteiger partial charge in [0.25, 0.3) is 0 Å². The minimum Gasteiger partial charge on any atom is -0.481 e. The molecule has 2 rings (SSSR count). The molecule has 0 spiro atoms. The van der Waals surface area contributed by atoms with E-state index in [0.29, 0.717) is 23.1 Å². The zero-order valence-electron chi connectivity index (χ0n) is 10.8. The van der Waals surface area contributed by atoms with Gasteiger partial charge in [-0.15, -0.1) is 0 Å². The lowest BCUT2D eigenvalue weighted by atomic mass is 9.90. The van der Waals surface area contributed by atoms with Gasteiger partial charge in [-0.1, -0.05) is 6.92 Å². The predicted molar refractivity (Wildman–Crippen MR) is 75.7 cm³/mol. The second kappa shape index (κ2) is 5.74. The topological polar surface area (TPSA) is 96.6 Å². The first kappa shape index (κ1) is 14.7. The van der Waals surface area contributed by atoms with Crippen molar-refractivity contribution in [3.8, 4) is 0 Å². The van der Waals surface area contributed by atoms with Crippen molar-refractivity contribution in [2.75, 3.05) is 18.0 Å². The number of piperidine rings is 1. The highest BCUT2D eigenvalue weighted by Crippen LogP contribution is 2.37. The largest absolute Gasteiger partial charge is 0.481 e. The third-order valence-corrected chi connectivity index (χ3v) is 3.96. The van der Waals surface area contributed by atoms with Crippen LogP contribution in [0.5, 0.6) is 0 Å². The van der Waals surface area contributed by atoms with Crippen LogP contribution in [-0.2, 0) is 4.79 Å². The molecular weight excluding hydrogens is 330 g/mol. The molecule has 2 unspecified atom stereocenters. The number of anilines is 1. The van der Waals surface area contributed by atoms with Crippen LogP contribution in [-0.4, -0.2) is 34.1 Å². The summed E-state index contributed by atoms with van der Waals surface area (Å²) in [5, 5.41) is 20.3. The van der Waals surface area contributed by atoms with Gasteiger partial charge in [-0.3, -0.25) is 19.9 Å². The molecule has 2 atom stereocenters. The highest BCUT2D eigenvalue weighted by atomic mass is 79.9. The third-order valence-electron chi connectivity index (χ3n) is 3.38. The van der Waals surface area contributed by atoms with E-state index >= 15 is 0 Å². The summed E-state index contributed by atoms with van der Waals surface area (Å²) < 4.78 is 0.505. The van der Waals surface area contributed by atoms with E-state index in [9.17, 15) is 20.0 Å². The molecule has 1 saturated heterocycles. The predicted octanol–water partition coefficient (Wildman–Crippen LogP) is 2.30. The van der Waals surface area contributed by atoms with Crippen LogP contribution >= 0.6 is 15.9 Å². The molecule has 1 aliphatic heterocycles. The molecule has 0 saturated carbocycles. The summed E-state index contributed by atoms with van der Waals surface area (Å²) in [7, 11) is 0. The van der Waals surface area contributed by atoms with Crippen LogP contribution in [0.25, 0.3) is 0 Å². The van der Waals surface area contributed by atoms with Crippen molar-refractivity contribution in [3.63, 3.8) is 0 Å². The molecule has 0 amide bonds. The molecule has 0 bridgehead atoms. The molecule has 1 aromatic heterocycles. The van der Waals surface area contributed by atoms with E-state index in [4.69, 9.17) is 0 Å². The number of halogens is 1. The van der Waals surface area contributed by atoms with Crippen LogP contribution in [0.2, 0.25) is 0 Å². The monoisotopic (exact) mass is 343 g/mol. The van der Waals surface area contributed by atoms with Crippen molar-refractivity contribution in [2.24, 2.45) is 11.8 Å². The number of aliphatic carboxylic acids is 1. The molecule has 1 N–H and O–H groups in total. The van der Waals surface area contributed by atoms with Crippen LogP contribution in [0.15, 0.2) is 16.9 Å². The van der Waals surface area contributed by atoms with Crippen molar-refractivity contribution in [1.29, 1.82) is 0 Å². The number of aromatic nitrogens is 1. The zero-order chi connectivity index (χ0) is 14.9. The maximum absolute atomic E-state index is 11.2. The van der Waals surface area contributed by atoms with Gasteiger partial charge in [0.15, 0.2) is 0 Å². The number of nitrogens with zero attached hydrogens (tertiary/aromatic N) is 3. The first-order valence-corrected chi connectivity index (χ1v) is 6.95. The van der Waals surface area contributed by atoms with Gasteiger partial charge in [-0.25, -0.2) is 0 Å². The van der Waals surface area contributed by atoms with Gasteiger partial charge in [0.1, 0.15) is 11.9 Å². The first-order valence-electron chi connectivity index (χ1n) is 6.15. The van der Waals surface area contributed by atoms with Crippen molar-refractivity contribution < 1.29 is 14.8 Å². The number of hydrogen-bond donors (Lipinski definition) is 1. The van der Waals surface area contributed by atoms with E-state index in [1.807, 2.05) is 6.92 Å². The summed E-state index contributed by atoms with van der Waals surface area (Å²) in [6.45, 7) is 2.80. The fourth-order valence-corrected chi connectivity index (χ4v) is 3.15. The highest BCUT2D eigenvalue weighted by Gasteiger charge is 2.33. The number of carbonyl (C=O) groups is 1. The van der Waals surface area contributed by atoms with Crippen molar-refractivity contribution in [1.82, 2.24) is 4.98 Å². The van der Waals surface area contributed by atoms with Gasteiger partial charge < -0.3 is 10.0 Å². The Morgan fingerprint density at radius 1 is 1.55 bits per heavy atom. The molecule has 108 valence electrons. The molecular formula is C12H14BrN3O4. The smallest absolute Gasteiger partial charge is 0.311 e. The Hall–Kier alpha value is -1.70. The Morgan fingerprint density at radius 3 is 2.85 bits per heavy atom. The van der Waals surface area contributed by atoms with Crippen LogP contribution in [0.3, 0.4) is 0 Å². The molecule has 1 aromatic rings. The quantitative estimate of drug-likeness (QED) is 0.668. The number of pyridine rings is 1. The molecule has 8 heteroatoms. The SMILES string of the molecule is CC1CC(C(=O)O)CN(c2c(Br)cncc2[N+](=O)[O-])C1. The molecule has 0 aliphatic carbocycles. The molecule has 1 aliphatic rings. The molecule has 2 heterocycles. The molecule has 0 radical (unpaired) electrons. The van der Waals surface area contributed by atoms with E-state index in [2.05, 4.69) is 20.9 Å². The summed E-state index contributed by atoms with van der Waals surface area (Å²) in [6.07, 6.45) is 3.26. The maximum atomic E-state index is 11.2. The third kappa shape index (κ3) is 2.90. The van der Waals surface area contributed by atoms with Gasteiger partial charge in [0.2, 0.25) is 0 Å². The zero-order valence-corrected chi connectivity index (χ0v) is 12.4. The summed E-state index contributed by atoms with van der Waals surface area (Å²) in [6, 6.07) is 0.